The van der Waals surface area contributed by atoms with Gasteiger partial charge in [-0.3, -0.25) is 0 Å². The molecular formula is C16H23N3OS. The molecule has 5 heteroatoms. The molecule has 0 aliphatic rings. The fraction of sp³-hybridized carbons (Fsp3) is 0.438. The summed E-state index contributed by atoms with van der Waals surface area (Å²) in [6, 6.07) is 8.18. The molecule has 0 radical (unpaired) electrons. The van der Waals surface area contributed by atoms with Gasteiger partial charge in [-0.05, 0) is 44.4 Å². The molecular weight excluding hydrogens is 282 g/mol. The van der Waals surface area contributed by atoms with Crippen molar-refractivity contribution in [2.45, 2.75) is 26.1 Å². The van der Waals surface area contributed by atoms with Crippen LogP contribution in [0.5, 0.6) is 0 Å². The molecule has 1 N–H and O–H groups in total. The van der Waals surface area contributed by atoms with Crippen molar-refractivity contribution in [3.63, 3.8) is 0 Å². The lowest BCUT2D eigenvalue weighted by Gasteiger charge is -2.19. The molecule has 0 bridgehead atoms. The molecule has 0 aliphatic carbocycles. The third-order valence-corrected chi connectivity index (χ3v) is 3.88. The highest BCUT2D eigenvalue weighted by Gasteiger charge is 2.04. The van der Waals surface area contributed by atoms with E-state index in [0.717, 1.165) is 41.9 Å². The van der Waals surface area contributed by atoms with E-state index in [-0.39, 0.29) is 0 Å². The summed E-state index contributed by atoms with van der Waals surface area (Å²) in [6.07, 6.45) is 3.95. The molecule has 4 nitrogen and oxygen atoms in total. The summed E-state index contributed by atoms with van der Waals surface area (Å²) < 4.78 is 5.73. The minimum atomic E-state index is 0.681. The average Bonchev–Trinajstić information content (AvgIpc) is 2.96. The number of furan rings is 1. The summed E-state index contributed by atoms with van der Waals surface area (Å²) >= 11 is 1.76. The maximum Gasteiger partial charge on any atom is 0.128 e. The summed E-state index contributed by atoms with van der Waals surface area (Å²) in [5, 5.41) is 3.34. The topological polar surface area (TPSA) is 41.3 Å². The Morgan fingerprint density at radius 3 is 2.52 bits per heavy atom. The summed E-state index contributed by atoms with van der Waals surface area (Å²) in [6.45, 7) is 6.91. The van der Waals surface area contributed by atoms with Gasteiger partial charge in [0.2, 0.25) is 0 Å². The van der Waals surface area contributed by atoms with Crippen molar-refractivity contribution in [2.24, 2.45) is 0 Å². The van der Waals surface area contributed by atoms with Gasteiger partial charge in [-0.1, -0.05) is 0 Å². The van der Waals surface area contributed by atoms with Gasteiger partial charge in [-0.15, -0.1) is 0 Å². The van der Waals surface area contributed by atoms with Crippen LogP contribution in [0.2, 0.25) is 0 Å². The predicted octanol–water partition coefficient (Wildman–Crippen LogP) is 4.00. The third kappa shape index (κ3) is 4.43. The van der Waals surface area contributed by atoms with Crippen LogP contribution in [0.15, 0.2) is 34.9 Å². The van der Waals surface area contributed by atoms with Gasteiger partial charge in [-0.25, -0.2) is 4.98 Å². The van der Waals surface area contributed by atoms with Gasteiger partial charge >= 0.3 is 0 Å². The van der Waals surface area contributed by atoms with Gasteiger partial charge in [0.15, 0.2) is 0 Å². The van der Waals surface area contributed by atoms with Crippen molar-refractivity contribution >= 4 is 23.3 Å². The van der Waals surface area contributed by atoms with Gasteiger partial charge < -0.3 is 14.6 Å². The Morgan fingerprint density at radius 2 is 1.90 bits per heavy atom. The predicted molar refractivity (Wildman–Crippen MR) is 91.1 cm³/mol. The Bertz CT molecular complexity index is 535. The number of nitrogens with one attached hydrogen (secondary N) is 1. The lowest BCUT2D eigenvalue weighted by atomic mass is 10.3. The molecule has 0 unspecified atom stereocenters. The molecule has 2 aromatic rings. The zero-order chi connectivity index (χ0) is 15.1. The van der Waals surface area contributed by atoms with Crippen LogP contribution in [0.4, 0.5) is 11.5 Å². The maximum atomic E-state index is 5.73. The fourth-order valence-corrected chi connectivity index (χ4v) is 2.59. The Labute approximate surface area is 130 Å². The Hall–Kier alpha value is -1.62. The molecule has 21 heavy (non-hydrogen) atoms. The van der Waals surface area contributed by atoms with Crippen LogP contribution < -0.4 is 10.2 Å². The fourth-order valence-electron chi connectivity index (χ4n) is 2.15. The number of thioether (sulfide) groups is 1. The van der Waals surface area contributed by atoms with Gasteiger partial charge in [-0.2, -0.15) is 11.8 Å². The molecule has 2 heterocycles. The maximum absolute atomic E-state index is 5.73. The summed E-state index contributed by atoms with van der Waals surface area (Å²) in [5.41, 5.74) is 1.01. The largest absolute Gasteiger partial charge is 0.463 e. The first-order valence-electron chi connectivity index (χ1n) is 7.28. The lowest BCUT2D eigenvalue weighted by molar-refractivity contribution is 0.487. The summed E-state index contributed by atoms with van der Waals surface area (Å²) in [5.74, 6) is 3.91. The first-order valence-corrected chi connectivity index (χ1v) is 8.67. The van der Waals surface area contributed by atoms with Gasteiger partial charge in [0.1, 0.15) is 17.3 Å². The number of hydrogen-bond donors (Lipinski definition) is 1. The van der Waals surface area contributed by atoms with Gasteiger partial charge in [0, 0.05) is 13.1 Å². The SMILES string of the molecule is CCN(CC)c1ccc(NCc2ccc(CSC)o2)cn1. The average molecular weight is 305 g/mol. The van der Waals surface area contributed by atoms with Gasteiger partial charge in [0.05, 0.1) is 24.2 Å². The number of rotatable bonds is 8. The van der Waals surface area contributed by atoms with Crippen LogP contribution in [0, 0.1) is 0 Å². The minimum absolute atomic E-state index is 0.681. The highest BCUT2D eigenvalue weighted by molar-refractivity contribution is 7.97. The molecule has 2 rings (SSSR count). The minimum Gasteiger partial charge on any atom is -0.463 e. The van der Waals surface area contributed by atoms with E-state index in [1.165, 1.54) is 0 Å². The number of hydrogen-bond acceptors (Lipinski definition) is 5. The van der Waals surface area contributed by atoms with Crippen LogP contribution in [0.1, 0.15) is 25.4 Å². The zero-order valence-corrected chi connectivity index (χ0v) is 13.7. The molecule has 0 spiro atoms. The molecule has 0 aliphatic heterocycles. The van der Waals surface area contributed by atoms with E-state index in [1.54, 1.807) is 11.8 Å². The van der Waals surface area contributed by atoms with Crippen molar-refractivity contribution in [1.82, 2.24) is 4.98 Å². The Morgan fingerprint density at radius 1 is 1.14 bits per heavy atom. The lowest BCUT2D eigenvalue weighted by Crippen LogP contribution is -2.22. The van der Waals surface area contributed by atoms with E-state index in [9.17, 15) is 0 Å². The van der Waals surface area contributed by atoms with Gasteiger partial charge in [0.25, 0.3) is 0 Å². The van der Waals surface area contributed by atoms with Crippen LogP contribution in [0.3, 0.4) is 0 Å². The molecule has 0 saturated carbocycles. The number of pyridine rings is 1. The quantitative estimate of drug-likeness (QED) is 0.798. The van der Waals surface area contributed by atoms with E-state index in [4.69, 9.17) is 4.42 Å². The van der Waals surface area contributed by atoms with Crippen LogP contribution in [0.25, 0.3) is 0 Å². The highest BCUT2D eigenvalue weighted by atomic mass is 32.2. The first kappa shape index (κ1) is 15.8. The van der Waals surface area contributed by atoms with Crippen molar-refractivity contribution < 1.29 is 4.42 Å². The normalized spacial score (nSPS) is 10.6. The standard InChI is InChI=1S/C16H23N3OS/c1-4-19(5-2)16-9-6-13(10-18-16)17-11-14-7-8-15(20-14)12-21-3/h6-10,17H,4-5,11-12H2,1-3H3. The van der Waals surface area contributed by atoms with E-state index < -0.39 is 0 Å². The van der Waals surface area contributed by atoms with E-state index in [2.05, 4.69) is 47.4 Å². The number of anilines is 2. The molecule has 0 fully saturated rings. The highest BCUT2D eigenvalue weighted by Crippen LogP contribution is 2.17. The van der Waals surface area contributed by atoms with Crippen LogP contribution in [-0.2, 0) is 12.3 Å². The second-order valence-electron chi connectivity index (χ2n) is 4.73. The first-order chi connectivity index (χ1) is 10.3. The second kappa shape index (κ2) is 7.98. The monoisotopic (exact) mass is 305 g/mol. The number of aromatic nitrogens is 1. The van der Waals surface area contributed by atoms with E-state index >= 15 is 0 Å². The zero-order valence-electron chi connectivity index (χ0n) is 12.9. The van der Waals surface area contributed by atoms with E-state index in [0.29, 0.717) is 6.54 Å². The van der Waals surface area contributed by atoms with Crippen molar-refractivity contribution in [3.8, 4) is 0 Å². The Kier molecular flexibility index (Phi) is 5.99. The molecule has 0 saturated heterocycles. The molecule has 0 atom stereocenters. The smallest absolute Gasteiger partial charge is 0.128 e. The summed E-state index contributed by atoms with van der Waals surface area (Å²) in [4.78, 5) is 6.72. The second-order valence-corrected chi connectivity index (χ2v) is 5.60. The van der Waals surface area contributed by atoms with Crippen molar-refractivity contribution in [3.05, 3.63) is 42.0 Å². The third-order valence-electron chi connectivity index (χ3n) is 3.31. The summed E-state index contributed by atoms with van der Waals surface area (Å²) in [7, 11) is 0. The Balaban J connectivity index is 1.90. The van der Waals surface area contributed by atoms with Crippen LogP contribution in [-0.4, -0.2) is 24.3 Å². The molecule has 114 valence electrons. The van der Waals surface area contributed by atoms with Crippen molar-refractivity contribution in [1.29, 1.82) is 0 Å². The molecule has 0 amide bonds. The molecule has 2 aromatic heterocycles. The van der Waals surface area contributed by atoms with Crippen LogP contribution >= 0.6 is 11.8 Å². The number of nitrogens with zero attached hydrogens (tertiary/aromatic N) is 2. The molecule has 0 aromatic carbocycles. The van der Waals surface area contributed by atoms with E-state index in [1.807, 2.05) is 18.3 Å². The van der Waals surface area contributed by atoms with Crippen molar-refractivity contribution in [2.75, 3.05) is 29.6 Å².